The van der Waals surface area contributed by atoms with E-state index in [1.54, 1.807) is 18.3 Å². The number of imidazole rings is 1. The zero-order valence-corrected chi connectivity index (χ0v) is 11.3. The van der Waals surface area contributed by atoms with E-state index in [2.05, 4.69) is 14.6 Å². The molecule has 5 heteroatoms. The van der Waals surface area contributed by atoms with Crippen molar-refractivity contribution in [2.24, 2.45) is 0 Å². The molecule has 2 aromatic rings. The zero-order valence-electron chi connectivity index (χ0n) is 11.3. The van der Waals surface area contributed by atoms with Crippen molar-refractivity contribution in [3.8, 4) is 5.69 Å². The van der Waals surface area contributed by atoms with Gasteiger partial charge in [0.2, 0.25) is 0 Å². The maximum atomic E-state index is 11.4. The molecule has 0 atom stereocenters. The monoisotopic (exact) mass is 259 g/mol. The van der Waals surface area contributed by atoms with Crippen molar-refractivity contribution in [2.45, 2.75) is 6.54 Å². The van der Waals surface area contributed by atoms with Crippen molar-refractivity contribution >= 4 is 5.97 Å². The fourth-order valence-electron chi connectivity index (χ4n) is 1.85. The summed E-state index contributed by atoms with van der Waals surface area (Å²) in [4.78, 5) is 17.8. The van der Waals surface area contributed by atoms with Crippen molar-refractivity contribution in [1.82, 2.24) is 14.5 Å². The highest BCUT2D eigenvalue weighted by atomic mass is 16.5. The Bertz CT molecular complexity index is 558. The number of carbonyl (C=O) groups is 1. The molecular formula is C14H17N3O2. The van der Waals surface area contributed by atoms with Gasteiger partial charge in [-0.05, 0) is 38.4 Å². The second kappa shape index (κ2) is 5.67. The number of ether oxygens (including phenoxy) is 1. The number of esters is 1. The summed E-state index contributed by atoms with van der Waals surface area (Å²) >= 11 is 0. The van der Waals surface area contributed by atoms with Crippen LogP contribution in [0.25, 0.3) is 5.69 Å². The summed E-state index contributed by atoms with van der Waals surface area (Å²) in [5.41, 5.74) is 1.52. The van der Waals surface area contributed by atoms with Crippen molar-refractivity contribution < 1.29 is 9.53 Å². The van der Waals surface area contributed by atoms with Gasteiger partial charge in [0.25, 0.3) is 0 Å². The Balaban J connectivity index is 2.27. The Morgan fingerprint density at radius 3 is 2.58 bits per heavy atom. The average molecular weight is 259 g/mol. The van der Waals surface area contributed by atoms with E-state index in [1.807, 2.05) is 37.0 Å². The lowest BCUT2D eigenvalue weighted by atomic mass is 10.2. The molecule has 0 aliphatic rings. The van der Waals surface area contributed by atoms with Crippen LogP contribution in [0, 0.1) is 0 Å². The number of hydrogen-bond acceptors (Lipinski definition) is 4. The summed E-state index contributed by atoms with van der Waals surface area (Å²) in [6, 6.07) is 7.27. The molecule has 0 unspecified atom stereocenters. The molecule has 1 aromatic carbocycles. The summed E-state index contributed by atoms with van der Waals surface area (Å²) in [6.45, 7) is 0.756. The molecule has 19 heavy (non-hydrogen) atoms. The molecule has 0 spiro atoms. The lowest BCUT2D eigenvalue weighted by Gasteiger charge is -2.12. The van der Waals surface area contributed by atoms with Gasteiger partial charge in [0, 0.05) is 18.1 Å². The molecule has 100 valence electrons. The maximum absolute atomic E-state index is 11.4. The minimum Gasteiger partial charge on any atom is -0.465 e. The van der Waals surface area contributed by atoms with Crippen LogP contribution in [-0.2, 0) is 11.3 Å². The molecule has 0 N–H and O–H groups in total. The summed E-state index contributed by atoms with van der Waals surface area (Å²) in [5.74, 6) is 0.626. The van der Waals surface area contributed by atoms with Crippen LogP contribution in [0.5, 0.6) is 0 Å². The Hall–Kier alpha value is -2.14. The van der Waals surface area contributed by atoms with Crippen LogP contribution < -0.4 is 0 Å². The predicted octanol–water partition coefficient (Wildman–Crippen LogP) is 1.72. The fourth-order valence-corrected chi connectivity index (χ4v) is 1.85. The number of hydrogen-bond donors (Lipinski definition) is 0. The van der Waals surface area contributed by atoms with E-state index in [0.29, 0.717) is 5.56 Å². The van der Waals surface area contributed by atoms with Crippen molar-refractivity contribution in [1.29, 1.82) is 0 Å². The molecule has 0 aliphatic carbocycles. The minimum absolute atomic E-state index is 0.328. The van der Waals surface area contributed by atoms with Gasteiger partial charge in [0.1, 0.15) is 5.82 Å². The predicted molar refractivity (Wildman–Crippen MR) is 72.3 cm³/mol. The number of carbonyl (C=O) groups excluding carboxylic acids is 1. The molecule has 0 saturated carbocycles. The Kier molecular flexibility index (Phi) is 3.97. The van der Waals surface area contributed by atoms with Gasteiger partial charge in [-0.1, -0.05) is 0 Å². The topological polar surface area (TPSA) is 47.4 Å². The van der Waals surface area contributed by atoms with E-state index in [0.717, 1.165) is 18.1 Å². The van der Waals surface area contributed by atoms with Crippen molar-refractivity contribution in [3.63, 3.8) is 0 Å². The highest BCUT2D eigenvalue weighted by molar-refractivity contribution is 5.89. The summed E-state index contributed by atoms with van der Waals surface area (Å²) < 4.78 is 6.68. The molecular weight excluding hydrogens is 242 g/mol. The smallest absolute Gasteiger partial charge is 0.337 e. The first-order valence-electron chi connectivity index (χ1n) is 5.97. The Morgan fingerprint density at radius 1 is 1.32 bits per heavy atom. The van der Waals surface area contributed by atoms with Gasteiger partial charge < -0.3 is 14.2 Å². The standard InChI is InChI=1S/C14H17N3O2/c1-16(2)10-13-15-8-9-17(13)12-6-4-11(5-7-12)14(18)19-3/h4-9H,10H2,1-3H3. The molecule has 0 bridgehead atoms. The number of benzene rings is 1. The van der Waals surface area contributed by atoms with Crippen LogP contribution in [0.15, 0.2) is 36.7 Å². The third-order valence-electron chi connectivity index (χ3n) is 2.74. The first-order valence-corrected chi connectivity index (χ1v) is 5.97. The molecule has 0 fully saturated rings. The van der Waals surface area contributed by atoms with Crippen LogP contribution in [0.1, 0.15) is 16.2 Å². The zero-order chi connectivity index (χ0) is 13.8. The lowest BCUT2D eigenvalue weighted by Crippen LogP contribution is -2.14. The number of methoxy groups -OCH3 is 1. The minimum atomic E-state index is -0.328. The third-order valence-corrected chi connectivity index (χ3v) is 2.74. The summed E-state index contributed by atoms with van der Waals surface area (Å²) in [6.07, 6.45) is 3.68. The molecule has 0 saturated heterocycles. The molecule has 0 aliphatic heterocycles. The van der Waals surface area contributed by atoms with Gasteiger partial charge in [-0.2, -0.15) is 0 Å². The number of nitrogens with zero attached hydrogens (tertiary/aromatic N) is 3. The molecule has 0 radical (unpaired) electrons. The maximum Gasteiger partial charge on any atom is 0.337 e. The number of rotatable bonds is 4. The number of aromatic nitrogens is 2. The van der Waals surface area contributed by atoms with Gasteiger partial charge >= 0.3 is 5.97 Å². The molecule has 0 amide bonds. The van der Waals surface area contributed by atoms with E-state index in [4.69, 9.17) is 0 Å². The van der Waals surface area contributed by atoms with E-state index >= 15 is 0 Å². The van der Waals surface area contributed by atoms with Gasteiger partial charge in [-0.15, -0.1) is 0 Å². The van der Waals surface area contributed by atoms with Gasteiger partial charge in [0.15, 0.2) is 0 Å². The van der Waals surface area contributed by atoms with Crippen molar-refractivity contribution in [3.05, 3.63) is 48.0 Å². The second-order valence-corrected chi connectivity index (χ2v) is 4.49. The van der Waals surface area contributed by atoms with E-state index < -0.39 is 0 Å². The molecule has 2 rings (SSSR count). The van der Waals surface area contributed by atoms with Gasteiger partial charge in [-0.3, -0.25) is 0 Å². The third kappa shape index (κ3) is 3.00. The normalized spacial score (nSPS) is 10.7. The second-order valence-electron chi connectivity index (χ2n) is 4.49. The molecule has 1 heterocycles. The van der Waals surface area contributed by atoms with E-state index in [-0.39, 0.29) is 5.97 Å². The van der Waals surface area contributed by atoms with E-state index in [1.165, 1.54) is 7.11 Å². The average Bonchev–Trinajstić information content (AvgIpc) is 2.85. The molecule has 1 aromatic heterocycles. The highest BCUT2D eigenvalue weighted by Crippen LogP contribution is 2.13. The van der Waals surface area contributed by atoms with Crippen LogP contribution in [-0.4, -0.2) is 41.6 Å². The van der Waals surface area contributed by atoms with E-state index in [9.17, 15) is 4.79 Å². The first-order chi connectivity index (χ1) is 9.11. The first kappa shape index (κ1) is 13.3. The van der Waals surface area contributed by atoms with Crippen LogP contribution in [0.4, 0.5) is 0 Å². The SMILES string of the molecule is COC(=O)c1ccc(-n2ccnc2CN(C)C)cc1. The van der Waals surface area contributed by atoms with Crippen molar-refractivity contribution in [2.75, 3.05) is 21.2 Å². The summed E-state index contributed by atoms with van der Waals surface area (Å²) in [7, 11) is 5.38. The lowest BCUT2D eigenvalue weighted by molar-refractivity contribution is 0.0601. The molecule has 5 nitrogen and oxygen atoms in total. The Morgan fingerprint density at radius 2 is 2.00 bits per heavy atom. The highest BCUT2D eigenvalue weighted by Gasteiger charge is 2.08. The van der Waals surface area contributed by atoms with Crippen LogP contribution in [0.3, 0.4) is 0 Å². The quantitative estimate of drug-likeness (QED) is 0.784. The fraction of sp³-hybridized carbons (Fsp3) is 0.286. The summed E-state index contributed by atoms with van der Waals surface area (Å²) in [5, 5.41) is 0. The van der Waals surface area contributed by atoms with Gasteiger partial charge in [-0.25, -0.2) is 9.78 Å². The Labute approximate surface area is 112 Å². The van der Waals surface area contributed by atoms with Crippen LogP contribution in [0.2, 0.25) is 0 Å². The van der Waals surface area contributed by atoms with Gasteiger partial charge in [0.05, 0.1) is 19.2 Å². The largest absolute Gasteiger partial charge is 0.465 e. The van der Waals surface area contributed by atoms with Crippen LogP contribution >= 0.6 is 0 Å².